The number of nitrogens with one attached hydrogen (secondary N) is 1. The predicted octanol–water partition coefficient (Wildman–Crippen LogP) is 5.40. The zero-order valence-corrected chi connectivity index (χ0v) is 16.4. The molecule has 0 aliphatic heterocycles. The molecule has 2 heterocycles. The van der Waals surface area contributed by atoms with Gasteiger partial charge in [0.05, 0.1) is 27.6 Å². The first-order valence-corrected chi connectivity index (χ1v) is 9.81. The smallest absolute Gasteiger partial charge is 0.257 e. The van der Waals surface area contributed by atoms with Gasteiger partial charge in [0.1, 0.15) is 5.01 Å². The van der Waals surface area contributed by atoms with Crippen LogP contribution >= 0.6 is 11.3 Å². The lowest BCUT2D eigenvalue weighted by Gasteiger charge is -2.11. The van der Waals surface area contributed by atoms with Gasteiger partial charge in [-0.1, -0.05) is 24.3 Å². The van der Waals surface area contributed by atoms with Crippen molar-refractivity contribution in [1.82, 2.24) is 9.97 Å². The topological polar surface area (TPSA) is 64.1 Å². The quantitative estimate of drug-likeness (QED) is 0.496. The number of para-hydroxylation sites is 2. The molecule has 1 amide bonds. The SMILES string of the molecule is CC(C)Oc1ccc(C(=O)Nc2ccccc2-c2nc3ccccc3s2)cn1. The van der Waals surface area contributed by atoms with Crippen molar-refractivity contribution in [3.05, 3.63) is 72.4 Å². The van der Waals surface area contributed by atoms with E-state index in [0.717, 1.165) is 20.8 Å². The van der Waals surface area contributed by atoms with Gasteiger partial charge >= 0.3 is 0 Å². The molecule has 5 nitrogen and oxygen atoms in total. The van der Waals surface area contributed by atoms with Crippen molar-refractivity contribution in [2.45, 2.75) is 20.0 Å². The Labute approximate surface area is 167 Å². The van der Waals surface area contributed by atoms with Gasteiger partial charge in [0, 0.05) is 17.8 Å². The van der Waals surface area contributed by atoms with E-state index in [4.69, 9.17) is 9.72 Å². The number of anilines is 1. The average Bonchev–Trinajstić information content (AvgIpc) is 3.12. The van der Waals surface area contributed by atoms with Crippen molar-refractivity contribution in [2.24, 2.45) is 0 Å². The van der Waals surface area contributed by atoms with Gasteiger partial charge in [-0.05, 0) is 44.2 Å². The molecule has 0 spiro atoms. The Hall–Kier alpha value is -3.25. The monoisotopic (exact) mass is 389 g/mol. The minimum absolute atomic E-state index is 0.0351. The molecular formula is C22H19N3O2S. The van der Waals surface area contributed by atoms with Gasteiger partial charge in [-0.2, -0.15) is 0 Å². The average molecular weight is 389 g/mol. The van der Waals surface area contributed by atoms with E-state index in [-0.39, 0.29) is 12.0 Å². The van der Waals surface area contributed by atoms with Crippen LogP contribution in [0.1, 0.15) is 24.2 Å². The molecular weight excluding hydrogens is 370 g/mol. The number of hydrogen-bond acceptors (Lipinski definition) is 5. The molecule has 1 N–H and O–H groups in total. The van der Waals surface area contributed by atoms with Gasteiger partial charge < -0.3 is 10.1 Å². The first-order chi connectivity index (χ1) is 13.6. The van der Waals surface area contributed by atoms with Crippen molar-refractivity contribution in [3.63, 3.8) is 0 Å². The number of fused-ring (bicyclic) bond motifs is 1. The van der Waals surface area contributed by atoms with Crippen LogP contribution in [-0.2, 0) is 0 Å². The van der Waals surface area contributed by atoms with Crippen molar-refractivity contribution in [1.29, 1.82) is 0 Å². The molecule has 4 rings (SSSR count). The molecule has 4 aromatic rings. The molecule has 0 aliphatic carbocycles. The fourth-order valence-corrected chi connectivity index (χ4v) is 3.79. The zero-order valence-electron chi connectivity index (χ0n) is 15.5. The molecule has 0 atom stereocenters. The van der Waals surface area contributed by atoms with Crippen LogP contribution < -0.4 is 10.1 Å². The molecule has 6 heteroatoms. The molecule has 0 radical (unpaired) electrons. The normalized spacial score (nSPS) is 11.0. The second kappa shape index (κ2) is 7.78. The first-order valence-electron chi connectivity index (χ1n) is 8.99. The highest BCUT2D eigenvalue weighted by Gasteiger charge is 2.14. The number of rotatable bonds is 5. The van der Waals surface area contributed by atoms with Gasteiger partial charge in [-0.3, -0.25) is 4.79 Å². The summed E-state index contributed by atoms with van der Waals surface area (Å²) in [6.45, 7) is 3.86. The molecule has 140 valence electrons. The molecule has 0 saturated carbocycles. The number of nitrogens with zero attached hydrogens (tertiary/aromatic N) is 2. The van der Waals surface area contributed by atoms with Gasteiger partial charge in [0.2, 0.25) is 5.88 Å². The lowest BCUT2D eigenvalue weighted by Crippen LogP contribution is -2.13. The van der Waals surface area contributed by atoms with E-state index in [1.165, 1.54) is 6.20 Å². The second-order valence-electron chi connectivity index (χ2n) is 6.54. The molecule has 0 saturated heterocycles. The number of carbonyl (C=O) groups excluding carboxylic acids is 1. The van der Waals surface area contributed by atoms with Crippen LogP contribution in [0.15, 0.2) is 66.9 Å². The van der Waals surface area contributed by atoms with Crippen LogP contribution in [0.2, 0.25) is 0 Å². The number of thiazole rings is 1. The van der Waals surface area contributed by atoms with E-state index in [9.17, 15) is 4.79 Å². The predicted molar refractivity (Wildman–Crippen MR) is 113 cm³/mol. The fraction of sp³-hybridized carbons (Fsp3) is 0.136. The zero-order chi connectivity index (χ0) is 19.5. The maximum absolute atomic E-state index is 12.7. The van der Waals surface area contributed by atoms with Crippen molar-refractivity contribution in [2.75, 3.05) is 5.32 Å². The van der Waals surface area contributed by atoms with E-state index in [1.807, 2.05) is 62.4 Å². The lowest BCUT2D eigenvalue weighted by atomic mass is 10.1. The van der Waals surface area contributed by atoms with Crippen LogP contribution in [0.3, 0.4) is 0 Å². The molecule has 0 fully saturated rings. The Bertz CT molecular complexity index is 1090. The Balaban J connectivity index is 1.59. The third-order valence-corrected chi connectivity index (χ3v) is 5.12. The van der Waals surface area contributed by atoms with E-state index < -0.39 is 0 Å². The first kappa shape index (κ1) is 18.1. The third-order valence-electron chi connectivity index (χ3n) is 4.05. The van der Waals surface area contributed by atoms with Crippen molar-refractivity contribution < 1.29 is 9.53 Å². The molecule has 28 heavy (non-hydrogen) atoms. The Kier molecular flexibility index (Phi) is 5.04. The van der Waals surface area contributed by atoms with Gasteiger partial charge in [-0.25, -0.2) is 9.97 Å². The standard InChI is InChI=1S/C22H19N3O2S/c1-14(2)27-20-12-11-15(13-23-20)21(26)24-17-8-4-3-7-16(17)22-25-18-9-5-6-10-19(18)28-22/h3-14H,1-2H3,(H,24,26). The molecule has 2 aromatic heterocycles. The minimum atomic E-state index is -0.225. The summed E-state index contributed by atoms with van der Waals surface area (Å²) in [5.74, 6) is 0.276. The fourth-order valence-electron chi connectivity index (χ4n) is 2.79. The number of benzene rings is 2. The molecule has 0 aliphatic rings. The van der Waals surface area contributed by atoms with Crippen LogP contribution in [0.25, 0.3) is 20.8 Å². The van der Waals surface area contributed by atoms with Crippen molar-refractivity contribution >= 4 is 33.1 Å². The third kappa shape index (κ3) is 3.87. The molecule has 0 bridgehead atoms. The number of hydrogen-bond donors (Lipinski definition) is 1. The summed E-state index contributed by atoms with van der Waals surface area (Å²) in [6, 6.07) is 19.1. The van der Waals surface area contributed by atoms with E-state index >= 15 is 0 Å². The van der Waals surface area contributed by atoms with Crippen LogP contribution in [0.5, 0.6) is 5.88 Å². The number of ether oxygens (including phenoxy) is 1. The van der Waals surface area contributed by atoms with Gasteiger partial charge in [-0.15, -0.1) is 11.3 Å². The summed E-state index contributed by atoms with van der Waals surface area (Å²) in [4.78, 5) is 21.6. The Morgan fingerprint density at radius 1 is 1.04 bits per heavy atom. The van der Waals surface area contributed by atoms with Gasteiger partial charge in [0.25, 0.3) is 5.91 Å². The summed E-state index contributed by atoms with van der Waals surface area (Å²) in [7, 11) is 0. The molecule has 0 unspecified atom stereocenters. The maximum atomic E-state index is 12.7. The van der Waals surface area contributed by atoms with E-state index in [0.29, 0.717) is 17.1 Å². The number of carbonyl (C=O) groups is 1. The molecule has 2 aromatic carbocycles. The van der Waals surface area contributed by atoms with Crippen LogP contribution in [-0.4, -0.2) is 22.0 Å². The summed E-state index contributed by atoms with van der Waals surface area (Å²) in [6.07, 6.45) is 1.56. The van der Waals surface area contributed by atoms with Crippen LogP contribution in [0.4, 0.5) is 5.69 Å². The number of aromatic nitrogens is 2. The number of pyridine rings is 1. The highest BCUT2D eigenvalue weighted by atomic mass is 32.1. The Morgan fingerprint density at radius 3 is 2.57 bits per heavy atom. The van der Waals surface area contributed by atoms with E-state index in [1.54, 1.807) is 23.5 Å². The summed E-state index contributed by atoms with van der Waals surface area (Å²) in [5.41, 5.74) is 3.03. The highest BCUT2D eigenvalue weighted by Crippen LogP contribution is 2.34. The summed E-state index contributed by atoms with van der Waals surface area (Å²) < 4.78 is 6.64. The summed E-state index contributed by atoms with van der Waals surface area (Å²) >= 11 is 1.60. The maximum Gasteiger partial charge on any atom is 0.257 e. The second-order valence-corrected chi connectivity index (χ2v) is 7.57. The number of amides is 1. The summed E-state index contributed by atoms with van der Waals surface area (Å²) in [5, 5.41) is 3.85. The van der Waals surface area contributed by atoms with E-state index in [2.05, 4.69) is 10.3 Å². The van der Waals surface area contributed by atoms with Crippen LogP contribution in [0, 0.1) is 0 Å². The Morgan fingerprint density at radius 2 is 1.82 bits per heavy atom. The van der Waals surface area contributed by atoms with Crippen molar-refractivity contribution in [3.8, 4) is 16.5 Å². The largest absolute Gasteiger partial charge is 0.475 e. The lowest BCUT2D eigenvalue weighted by molar-refractivity contribution is 0.102. The highest BCUT2D eigenvalue weighted by molar-refractivity contribution is 7.21. The minimum Gasteiger partial charge on any atom is -0.475 e. The van der Waals surface area contributed by atoms with Gasteiger partial charge in [0.15, 0.2) is 0 Å².